The zero-order valence-corrected chi connectivity index (χ0v) is 13.6. The Labute approximate surface area is 128 Å². The fraction of sp³-hybridized carbons (Fsp3) is 0.600. The van der Waals surface area contributed by atoms with Crippen LogP contribution in [0.4, 0.5) is 5.82 Å². The van der Waals surface area contributed by atoms with Crippen LogP contribution >= 0.6 is 11.3 Å². The fourth-order valence-electron chi connectivity index (χ4n) is 3.21. The summed E-state index contributed by atoms with van der Waals surface area (Å²) in [6.07, 6.45) is 4.30. The number of fused-ring (bicyclic) bond motifs is 1. The zero-order valence-electron chi connectivity index (χ0n) is 12.8. The molecule has 1 aliphatic carbocycles. The SMILES string of the molecule is CCOC1(c2nc(NN)c3c(C)c(C)sc3n2)CCCC1. The number of nitrogens with zero attached hydrogens (tertiary/aromatic N) is 2. The number of aromatic nitrogens is 2. The average molecular weight is 306 g/mol. The third-order valence-electron chi connectivity index (χ3n) is 4.40. The number of hydrogen-bond donors (Lipinski definition) is 2. The second kappa shape index (κ2) is 5.51. The van der Waals surface area contributed by atoms with Gasteiger partial charge in [0.1, 0.15) is 10.4 Å². The lowest BCUT2D eigenvalue weighted by Crippen LogP contribution is -2.29. The molecule has 0 spiro atoms. The number of nitrogens with two attached hydrogens (primary N) is 1. The molecule has 5 nitrogen and oxygen atoms in total. The summed E-state index contributed by atoms with van der Waals surface area (Å²) < 4.78 is 6.07. The van der Waals surface area contributed by atoms with E-state index >= 15 is 0 Å². The van der Waals surface area contributed by atoms with Gasteiger partial charge in [-0.15, -0.1) is 11.3 Å². The molecule has 0 saturated heterocycles. The van der Waals surface area contributed by atoms with Gasteiger partial charge in [0.05, 0.1) is 5.39 Å². The number of anilines is 1. The first-order valence-corrected chi connectivity index (χ1v) is 8.31. The topological polar surface area (TPSA) is 73.1 Å². The van der Waals surface area contributed by atoms with Crippen LogP contribution in [0.15, 0.2) is 0 Å². The number of hydrazine groups is 1. The smallest absolute Gasteiger partial charge is 0.164 e. The van der Waals surface area contributed by atoms with E-state index in [-0.39, 0.29) is 5.60 Å². The van der Waals surface area contributed by atoms with Crippen molar-refractivity contribution >= 4 is 27.4 Å². The first-order valence-electron chi connectivity index (χ1n) is 7.50. The molecule has 3 N–H and O–H groups in total. The van der Waals surface area contributed by atoms with Gasteiger partial charge in [-0.2, -0.15) is 0 Å². The molecular formula is C15H22N4OS. The zero-order chi connectivity index (χ0) is 15.0. The Balaban J connectivity index is 2.19. The molecular weight excluding hydrogens is 284 g/mol. The number of ether oxygens (including phenoxy) is 1. The number of hydrogen-bond acceptors (Lipinski definition) is 6. The molecule has 0 aromatic carbocycles. The standard InChI is InChI=1S/C15H22N4OS/c1-4-20-15(7-5-6-8-15)14-17-12(19-16)11-9(2)10(3)21-13(11)18-14/h4-8,16H2,1-3H3,(H,17,18,19). The lowest BCUT2D eigenvalue weighted by atomic mass is 10.0. The summed E-state index contributed by atoms with van der Waals surface area (Å²) in [4.78, 5) is 11.8. The van der Waals surface area contributed by atoms with Crippen LogP contribution in [0, 0.1) is 13.8 Å². The van der Waals surface area contributed by atoms with Crippen LogP contribution < -0.4 is 11.3 Å². The Hall–Kier alpha value is -1.24. The minimum absolute atomic E-state index is 0.333. The number of nitrogen functional groups attached to an aromatic ring is 1. The minimum atomic E-state index is -0.333. The van der Waals surface area contributed by atoms with Gasteiger partial charge in [-0.05, 0) is 52.0 Å². The summed E-state index contributed by atoms with van der Waals surface area (Å²) >= 11 is 1.70. The molecule has 2 aromatic rings. The molecule has 6 heteroatoms. The first-order chi connectivity index (χ1) is 10.1. The largest absolute Gasteiger partial charge is 0.367 e. The lowest BCUT2D eigenvalue weighted by molar-refractivity contribution is -0.0453. The van der Waals surface area contributed by atoms with Crippen molar-refractivity contribution in [3.05, 3.63) is 16.3 Å². The Morgan fingerprint density at radius 3 is 2.62 bits per heavy atom. The van der Waals surface area contributed by atoms with Crippen LogP contribution in [0.5, 0.6) is 0 Å². The van der Waals surface area contributed by atoms with Gasteiger partial charge in [0.15, 0.2) is 11.6 Å². The monoisotopic (exact) mass is 306 g/mol. The van der Waals surface area contributed by atoms with Gasteiger partial charge < -0.3 is 10.2 Å². The number of nitrogens with one attached hydrogen (secondary N) is 1. The van der Waals surface area contributed by atoms with E-state index in [0.29, 0.717) is 12.4 Å². The van der Waals surface area contributed by atoms with Crippen LogP contribution in [0.1, 0.15) is 48.9 Å². The molecule has 2 aromatic heterocycles. The summed E-state index contributed by atoms with van der Waals surface area (Å²) in [7, 11) is 0. The van der Waals surface area contributed by atoms with Crippen LogP contribution in [-0.4, -0.2) is 16.6 Å². The predicted molar refractivity (Wildman–Crippen MR) is 86.5 cm³/mol. The van der Waals surface area contributed by atoms with E-state index in [1.807, 2.05) is 6.92 Å². The van der Waals surface area contributed by atoms with Crippen molar-refractivity contribution in [2.75, 3.05) is 12.0 Å². The molecule has 3 rings (SSSR count). The molecule has 0 atom stereocenters. The minimum Gasteiger partial charge on any atom is -0.367 e. The van der Waals surface area contributed by atoms with Gasteiger partial charge in [-0.25, -0.2) is 15.8 Å². The van der Waals surface area contributed by atoms with Gasteiger partial charge in [-0.1, -0.05) is 0 Å². The third-order valence-corrected chi connectivity index (χ3v) is 5.51. The van der Waals surface area contributed by atoms with E-state index < -0.39 is 0 Å². The normalized spacial score (nSPS) is 17.5. The second-order valence-corrected chi connectivity index (χ2v) is 6.84. The van der Waals surface area contributed by atoms with E-state index in [9.17, 15) is 0 Å². The van der Waals surface area contributed by atoms with Crippen molar-refractivity contribution < 1.29 is 4.74 Å². The van der Waals surface area contributed by atoms with Crippen LogP contribution in [0.2, 0.25) is 0 Å². The predicted octanol–water partition coefficient (Wildman–Crippen LogP) is 3.40. The molecule has 1 aliphatic rings. The molecule has 0 amide bonds. The Morgan fingerprint density at radius 2 is 2.00 bits per heavy atom. The molecule has 0 radical (unpaired) electrons. The van der Waals surface area contributed by atoms with E-state index in [4.69, 9.17) is 20.5 Å². The lowest BCUT2D eigenvalue weighted by Gasteiger charge is -2.27. The van der Waals surface area contributed by atoms with Crippen molar-refractivity contribution in [1.82, 2.24) is 9.97 Å². The maximum atomic E-state index is 6.07. The highest BCUT2D eigenvalue weighted by Crippen LogP contribution is 2.43. The number of thiophene rings is 1. The number of rotatable bonds is 4. The summed E-state index contributed by atoms with van der Waals surface area (Å²) in [5.41, 5.74) is 3.61. The van der Waals surface area contributed by atoms with E-state index in [1.165, 1.54) is 10.4 Å². The van der Waals surface area contributed by atoms with Gasteiger partial charge in [-0.3, -0.25) is 0 Å². The van der Waals surface area contributed by atoms with Gasteiger partial charge in [0, 0.05) is 11.5 Å². The Bertz CT molecular complexity index is 661. The highest BCUT2D eigenvalue weighted by atomic mass is 32.1. The summed E-state index contributed by atoms with van der Waals surface area (Å²) in [6, 6.07) is 0. The van der Waals surface area contributed by atoms with E-state index in [2.05, 4.69) is 19.3 Å². The number of aryl methyl sites for hydroxylation is 2. The van der Waals surface area contributed by atoms with Crippen LogP contribution in [-0.2, 0) is 10.3 Å². The average Bonchev–Trinajstić information content (AvgIpc) is 3.05. The van der Waals surface area contributed by atoms with Crippen molar-refractivity contribution in [3.8, 4) is 0 Å². The van der Waals surface area contributed by atoms with Gasteiger partial charge >= 0.3 is 0 Å². The molecule has 21 heavy (non-hydrogen) atoms. The van der Waals surface area contributed by atoms with Crippen molar-refractivity contribution in [1.29, 1.82) is 0 Å². The molecule has 1 saturated carbocycles. The fourth-order valence-corrected chi connectivity index (χ4v) is 4.24. The molecule has 0 aliphatic heterocycles. The van der Waals surface area contributed by atoms with Crippen molar-refractivity contribution in [2.45, 2.75) is 52.1 Å². The van der Waals surface area contributed by atoms with Crippen LogP contribution in [0.3, 0.4) is 0 Å². The molecule has 114 valence electrons. The third kappa shape index (κ3) is 2.31. The quantitative estimate of drug-likeness (QED) is 0.669. The van der Waals surface area contributed by atoms with Crippen LogP contribution in [0.25, 0.3) is 10.2 Å². The first kappa shape index (κ1) is 14.7. The maximum absolute atomic E-state index is 6.07. The summed E-state index contributed by atoms with van der Waals surface area (Å²) in [5, 5.41) is 1.04. The molecule has 0 bridgehead atoms. The van der Waals surface area contributed by atoms with E-state index in [0.717, 1.165) is 41.7 Å². The van der Waals surface area contributed by atoms with Crippen molar-refractivity contribution in [2.24, 2.45) is 5.84 Å². The van der Waals surface area contributed by atoms with Crippen molar-refractivity contribution in [3.63, 3.8) is 0 Å². The van der Waals surface area contributed by atoms with Gasteiger partial charge in [0.25, 0.3) is 0 Å². The van der Waals surface area contributed by atoms with E-state index in [1.54, 1.807) is 11.3 Å². The molecule has 1 fully saturated rings. The summed E-state index contributed by atoms with van der Waals surface area (Å²) in [5.74, 6) is 7.19. The maximum Gasteiger partial charge on any atom is 0.164 e. The highest BCUT2D eigenvalue weighted by molar-refractivity contribution is 7.18. The Morgan fingerprint density at radius 1 is 1.29 bits per heavy atom. The second-order valence-electron chi connectivity index (χ2n) is 5.64. The Kier molecular flexibility index (Phi) is 3.86. The highest BCUT2D eigenvalue weighted by Gasteiger charge is 2.40. The molecule has 2 heterocycles. The van der Waals surface area contributed by atoms with Gasteiger partial charge in [0.2, 0.25) is 0 Å². The molecule has 0 unspecified atom stereocenters. The summed E-state index contributed by atoms with van der Waals surface area (Å²) in [6.45, 7) is 6.90.